The smallest absolute Gasteiger partial charge is 0.269 e. The Labute approximate surface area is 81.7 Å². The van der Waals surface area contributed by atoms with E-state index in [0.29, 0.717) is 12.0 Å². The Balaban J connectivity index is 2.83. The molecule has 0 aliphatic rings. The van der Waals surface area contributed by atoms with E-state index in [-0.39, 0.29) is 11.5 Å². The average Bonchev–Trinajstić information content (AvgIpc) is 2.18. The van der Waals surface area contributed by atoms with Crippen LogP contribution in [-0.2, 0) is 0 Å². The molecule has 0 aliphatic heterocycles. The van der Waals surface area contributed by atoms with Gasteiger partial charge in [-0.1, -0.05) is 6.92 Å². The second kappa shape index (κ2) is 4.50. The Bertz CT molecular complexity index is 343. The van der Waals surface area contributed by atoms with Gasteiger partial charge in [-0.15, -0.1) is 0 Å². The van der Waals surface area contributed by atoms with Crippen LogP contribution in [0.2, 0.25) is 0 Å². The summed E-state index contributed by atoms with van der Waals surface area (Å²) >= 11 is 0. The fraction of sp³-hybridized carbons (Fsp3) is 0.300. The quantitative estimate of drug-likeness (QED) is 0.419. The van der Waals surface area contributed by atoms with Gasteiger partial charge in [0, 0.05) is 24.1 Å². The standard InChI is InChI=1S/C10H11NO3/c1-2-3-10(12)8-4-6-9(7-5-8)11(13)14/h4-7H,2-3H2,1H3. The zero-order valence-corrected chi connectivity index (χ0v) is 7.90. The van der Waals surface area contributed by atoms with Gasteiger partial charge in [0.05, 0.1) is 4.92 Å². The first-order valence-corrected chi connectivity index (χ1v) is 4.42. The average molecular weight is 193 g/mol. The lowest BCUT2D eigenvalue weighted by atomic mass is 10.1. The van der Waals surface area contributed by atoms with E-state index in [0.717, 1.165) is 6.42 Å². The van der Waals surface area contributed by atoms with Crippen molar-refractivity contribution in [1.82, 2.24) is 0 Å². The van der Waals surface area contributed by atoms with Gasteiger partial charge in [0.25, 0.3) is 5.69 Å². The summed E-state index contributed by atoms with van der Waals surface area (Å²) in [5, 5.41) is 10.3. The number of non-ortho nitro benzene ring substituents is 1. The van der Waals surface area contributed by atoms with Crippen molar-refractivity contribution < 1.29 is 9.72 Å². The number of nitro groups is 1. The van der Waals surface area contributed by atoms with Crippen molar-refractivity contribution >= 4 is 11.5 Å². The second-order valence-corrected chi connectivity index (χ2v) is 2.98. The normalized spacial score (nSPS) is 9.79. The molecule has 0 heterocycles. The van der Waals surface area contributed by atoms with Gasteiger partial charge < -0.3 is 0 Å². The predicted molar refractivity (Wildman–Crippen MR) is 52.3 cm³/mol. The molecule has 0 unspecified atom stereocenters. The summed E-state index contributed by atoms with van der Waals surface area (Å²) in [5.41, 5.74) is 0.551. The summed E-state index contributed by atoms with van der Waals surface area (Å²) < 4.78 is 0. The monoisotopic (exact) mass is 193 g/mol. The lowest BCUT2D eigenvalue weighted by Gasteiger charge is -1.97. The molecule has 0 radical (unpaired) electrons. The number of nitro benzene ring substituents is 1. The maximum Gasteiger partial charge on any atom is 0.269 e. The highest BCUT2D eigenvalue weighted by Gasteiger charge is 2.07. The fourth-order valence-corrected chi connectivity index (χ4v) is 1.14. The van der Waals surface area contributed by atoms with Crippen molar-refractivity contribution in [2.45, 2.75) is 19.8 Å². The SMILES string of the molecule is CCCC(=O)c1ccc([N+](=O)[O-])cc1. The number of benzene rings is 1. The number of Topliss-reactive ketones (excluding diaryl/α,β-unsaturated/α-hetero) is 1. The van der Waals surface area contributed by atoms with Gasteiger partial charge in [0.2, 0.25) is 0 Å². The second-order valence-electron chi connectivity index (χ2n) is 2.98. The lowest BCUT2D eigenvalue weighted by molar-refractivity contribution is -0.384. The van der Waals surface area contributed by atoms with Crippen LogP contribution >= 0.6 is 0 Å². The molecule has 1 rings (SSSR count). The number of rotatable bonds is 4. The molecular formula is C10H11NO3. The Kier molecular flexibility index (Phi) is 3.34. The number of ketones is 1. The van der Waals surface area contributed by atoms with E-state index in [1.165, 1.54) is 24.3 Å². The van der Waals surface area contributed by atoms with Crippen molar-refractivity contribution in [1.29, 1.82) is 0 Å². The van der Waals surface area contributed by atoms with Crippen molar-refractivity contribution in [3.63, 3.8) is 0 Å². The minimum absolute atomic E-state index is 0.0121. The van der Waals surface area contributed by atoms with E-state index >= 15 is 0 Å². The van der Waals surface area contributed by atoms with Crippen LogP contribution in [0.4, 0.5) is 5.69 Å². The first-order chi connectivity index (χ1) is 6.65. The lowest BCUT2D eigenvalue weighted by Crippen LogP contribution is -1.98. The molecule has 0 fully saturated rings. The number of hydrogen-bond donors (Lipinski definition) is 0. The van der Waals surface area contributed by atoms with Crippen LogP contribution in [0.15, 0.2) is 24.3 Å². The van der Waals surface area contributed by atoms with E-state index in [9.17, 15) is 14.9 Å². The molecule has 0 aromatic heterocycles. The van der Waals surface area contributed by atoms with E-state index < -0.39 is 4.92 Å². The van der Waals surface area contributed by atoms with Crippen molar-refractivity contribution in [2.75, 3.05) is 0 Å². The highest BCUT2D eigenvalue weighted by atomic mass is 16.6. The van der Waals surface area contributed by atoms with Gasteiger partial charge in [-0.3, -0.25) is 14.9 Å². The van der Waals surface area contributed by atoms with E-state index in [2.05, 4.69) is 0 Å². The summed E-state index contributed by atoms with van der Waals surface area (Å²) in [4.78, 5) is 21.2. The minimum Gasteiger partial charge on any atom is -0.294 e. The minimum atomic E-state index is -0.478. The van der Waals surface area contributed by atoms with Gasteiger partial charge in [-0.25, -0.2) is 0 Å². The molecule has 4 nitrogen and oxygen atoms in total. The molecule has 1 aromatic carbocycles. The van der Waals surface area contributed by atoms with Crippen LogP contribution in [0.3, 0.4) is 0 Å². The zero-order chi connectivity index (χ0) is 10.6. The molecule has 0 N–H and O–H groups in total. The van der Waals surface area contributed by atoms with Crippen LogP contribution in [0.5, 0.6) is 0 Å². The van der Waals surface area contributed by atoms with Crippen LogP contribution in [0.1, 0.15) is 30.1 Å². The Hall–Kier alpha value is -1.71. The van der Waals surface area contributed by atoms with Gasteiger partial charge >= 0.3 is 0 Å². The van der Waals surface area contributed by atoms with E-state index in [1.54, 1.807) is 0 Å². The third-order valence-electron chi connectivity index (χ3n) is 1.88. The van der Waals surface area contributed by atoms with Crippen molar-refractivity contribution in [2.24, 2.45) is 0 Å². The summed E-state index contributed by atoms with van der Waals surface area (Å²) in [7, 11) is 0. The van der Waals surface area contributed by atoms with E-state index in [1.807, 2.05) is 6.92 Å². The summed E-state index contributed by atoms with van der Waals surface area (Å²) in [6.07, 6.45) is 1.27. The number of carbonyl (C=O) groups is 1. The molecule has 0 aliphatic carbocycles. The molecule has 0 spiro atoms. The first-order valence-electron chi connectivity index (χ1n) is 4.42. The van der Waals surface area contributed by atoms with Gasteiger partial charge in [0.1, 0.15) is 0 Å². The molecule has 14 heavy (non-hydrogen) atoms. The number of nitrogens with zero attached hydrogens (tertiary/aromatic N) is 1. The third kappa shape index (κ3) is 2.39. The highest BCUT2D eigenvalue weighted by Crippen LogP contribution is 2.13. The summed E-state index contributed by atoms with van der Waals surface area (Å²) in [5.74, 6) is 0.0300. The van der Waals surface area contributed by atoms with Gasteiger partial charge in [-0.2, -0.15) is 0 Å². The maximum atomic E-state index is 11.4. The Morgan fingerprint density at radius 1 is 1.36 bits per heavy atom. The number of hydrogen-bond acceptors (Lipinski definition) is 3. The molecule has 0 saturated heterocycles. The Morgan fingerprint density at radius 3 is 2.36 bits per heavy atom. The van der Waals surface area contributed by atoms with Gasteiger partial charge in [0.15, 0.2) is 5.78 Å². The topological polar surface area (TPSA) is 60.2 Å². The largest absolute Gasteiger partial charge is 0.294 e. The zero-order valence-electron chi connectivity index (χ0n) is 7.90. The van der Waals surface area contributed by atoms with E-state index in [4.69, 9.17) is 0 Å². The van der Waals surface area contributed by atoms with Crippen LogP contribution < -0.4 is 0 Å². The van der Waals surface area contributed by atoms with Crippen LogP contribution in [-0.4, -0.2) is 10.7 Å². The van der Waals surface area contributed by atoms with Crippen molar-refractivity contribution in [3.05, 3.63) is 39.9 Å². The molecule has 0 amide bonds. The summed E-state index contributed by atoms with van der Waals surface area (Å²) in [6.45, 7) is 1.92. The summed E-state index contributed by atoms with van der Waals surface area (Å²) in [6, 6.07) is 5.69. The molecule has 4 heteroatoms. The molecule has 0 atom stereocenters. The Morgan fingerprint density at radius 2 is 1.93 bits per heavy atom. The fourth-order valence-electron chi connectivity index (χ4n) is 1.14. The molecular weight excluding hydrogens is 182 g/mol. The highest BCUT2D eigenvalue weighted by molar-refractivity contribution is 5.96. The van der Waals surface area contributed by atoms with Crippen molar-refractivity contribution in [3.8, 4) is 0 Å². The molecule has 1 aromatic rings. The first kappa shape index (κ1) is 10.4. The third-order valence-corrected chi connectivity index (χ3v) is 1.88. The van der Waals surface area contributed by atoms with Gasteiger partial charge in [-0.05, 0) is 18.6 Å². The molecule has 0 saturated carbocycles. The van der Waals surface area contributed by atoms with Crippen LogP contribution in [0, 0.1) is 10.1 Å². The van der Waals surface area contributed by atoms with Crippen LogP contribution in [0.25, 0.3) is 0 Å². The molecule has 74 valence electrons. The predicted octanol–water partition coefficient (Wildman–Crippen LogP) is 2.58. The molecule has 0 bridgehead atoms. The maximum absolute atomic E-state index is 11.4. The number of carbonyl (C=O) groups excluding carboxylic acids is 1.